The standard InChI is InChI=1S/C15H20N4O2/c1-8(2)14(20)16-7-11-6-5-9(3)12(10(11)4)13-17-15(21)19-18-13/h5-6,8H,7H2,1-4H3,(H,16,20)(H2,17,18,19,21). The van der Waals surface area contributed by atoms with Crippen molar-refractivity contribution >= 4 is 5.91 Å². The van der Waals surface area contributed by atoms with Gasteiger partial charge in [0, 0.05) is 18.0 Å². The Morgan fingerprint density at radius 2 is 2.05 bits per heavy atom. The first kappa shape index (κ1) is 15.0. The molecular formula is C15H20N4O2. The van der Waals surface area contributed by atoms with Crippen molar-refractivity contribution < 1.29 is 4.79 Å². The van der Waals surface area contributed by atoms with Crippen molar-refractivity contribution in [1.82, 2.24) is 20.5 Å². The lowest BCUT2D eigenvalue weighted by Crippen LogP contribution is -2.27. The smallest absolute Gasteiger partial charge is 0.340 e. The topological polar surface area (TPSA) is 90.6 Å². The molecule has 21 heavy (non-hydrogen) atoms. The summed E-state index contributed by atoms with van der Waals surface area (Å²) in [6.07, 6.45) is 0. The maximum atomic E-state index is 11.7. The minimum Gasteiger partial charge on any atom is -0.352 e. The van der Waals surface area contributed by atoms with Gasteiger partial charge in [-0.2, -0.15) is 5.10 Å². The van der Waals surface area contributed by atoms with Crippen LogP contribution in [0.3, 0.4) is 0 Å². The number of H-pyrrole nitrogens is 2. The quantitative estimate of drug-likeness (QED) is 0.799. The molecule has 0 unspecified atom stereocenters. The number of hydrogen-bond donors (Lipinski definition) is 3. The molecule has 3 N–H and O–H groups in total. The third-order valence-electron chi connectivity index (χ3n) is 3.50. The normalized spacial score (nSPS) is 10.9. The molecule has 0 spiro atoms. The van der Waals surface area contributed by atoms with Crippen molar-refractivity contribution in [2.24, 2.45) is 5.92 Å². The molecule has 0 atom stereocenters. The second kappa shape index (κ2) is 5.95. The summed E-state index contributed by atoms with van der Waals surface area (Å²) in [5.74, 6) is 0.495. The second-order valence-corrected chi connectivity index (χ2v) is 5.44. The first-order chi connectivity index (χ1) is 9.90. The van der Waals surface area contributed by atoms with Gasteiger partial charge >= 0.3 is 5.69 Å². The number of carbonyl (C=O) groups is 1. The summed E-state index contributed by atoms with van der Waals surface area (Å²) in [5.41, 5.74) is 3.59. The van der Waals surface area contributed by atoms with E-state index in [0.29, 0.717) is 12.4 Å². The van der Waals surface area contributed by atoms with Crippen LogP contribution in [-0.4, -0.2) is 21.1 Å². The number of carbonyl (C=O) groups excluding carboxylic acids is 1. The molecule has 1 amide bonds. The van der Waals surface area contributed by atoms with E-state index in [1.165, 1.54) is 0 Å². The Labute approximate surface area is 123 Å². The number of rotatable bonds is 4. The van der Waals surface area contributed by atoms with Crippen LogP contribution < -0.4 is 11.0 Å². The number of aromatic amines is 2. The summed E-state index contributed by atoms with van der Waals surface area (Å²) < 4.78 is 0. The van der Waals surface area contributed by atoms with E-state index in [0.717, 1.165) is 22.3 Å². The summed E-state index contributed by atoms with van der Waals surface area (Å²) in [4.78, 5) is 25.6. The van der Waals surface area contributed by atoms with Crippen LogP contribution in [0, 0.1) is 19.8 Å². The average molecular weight is 288 g/mol. The van der Waals surface area contributed by atoms with Gasteiger partial charge < -0.3 is 5.32 Å². The number of aromatic nitrogens is 3. The Morgan fingerprint density at radius 3 is 2.62 bits per heavy atom. The van der Waals surface area contributed by atoms with Crippen molar-refractivity contribution in [2.45, 2.75) is 34.2 Å². The third kappa shape index (κ3) is 3.21. The largest absolute Gasteiger partial charge is 0.352 e. The maximum Gasteiger partial charge on any atom is 0.340 e. The zero-order chi connectivity index (χ0) is 15.6. The Bertz CT molecular complexity index is 713. The predicted molar refractivity (Wildman–Crippen MR) is 80.8 cm³/mol. The Morgan fingerprint density at radius 1 is 1.33 bits per heavy atom. The van der Waals surface area contributed by atoms with Crippen LogP contribution in [0.2, 0.25) is 0 Å². The highest BCUT2D eigenvalue weighted by atomic mass is 16.2. The molecule has 2 aromatic rings. The van der Waals surface area contributed by atoms with Crippen LogP contribution in [0.15, 0.2) is 16.9 Å². The zero-order valence-corrected chi connectivity index (χ0v) is 12.7. The van der Waals surface area contributed by atoms with Gasteiger partial charge in [-0.15, -0.1) is 0 Å². The van der Waals surface area contributed by atoms with Gasteiger partial charge in [-0.1, -0.05) is 26.0 Å². The lowest BCUT2D eigenvalue weighted by atomic mass is 9.97. The summed E-state index contributed by atoms with van der Waals surface area (Å²) in [7, 11) is 0. The highest BCUT2D eigenvalue weighted by molar-refractivity contribution is 5.78. The number of benzene rings is 1. The van der Waals surface area contributed by atoms with E-state index in [-0.39, 0.29) is 17.5 Å². The second-order valence-electron chi connectivity index (χ2n) is 5.44. The van der Waals surface area contributed by atoms with Crippen LogP contribution in [0.4, 0.5) is 0 Å². The van der Waals surface area contributed by atoms with E-state index in [1.54, 1.807) is 0 Å². The first-order valence-corrected chi connectivity index (χ1v) is 6.92. The van der Waals surface area contributed by atoms with E-state index in [1.807, 2.05) is 39.8 Å². The van der Waals surface area contributed by atoms with Gasteiger partial charge in [-0.3, -0.25) is 9.78 Å². The Kier molecular flexibility index (Phi) is 4.26. The van der Waals surface area contributed by atoms with E-state index in [9.17, 15) is 9.59 Å². The summed E-state index contributed by atoms with van der Waals surface area (Å²) in [5, 5.41) is 9.27. The molecule has 1 aromatic heterocycles. The van der Waals surface area contributed by atoms with Crippen LogP contribution in [0.5, 0.6) is 0 Å². The SMILES string of the molecule is Cc1ccc(CNC(=O)C(C)C)c(C)c1-c1n[nH]c(=O)[nH]1. The van der Waals surface area contributed by atoms with Crippen molar-refractivity contribution in [3.8, 4) is 11.4 Å². The summed E-state index contributed by atoms with van der Waals surface area (Å²) >= 11 is 0. The molecular weight excluding hydrogens is 268 g/mol. The fourth-order valence-electron chi connectivity index (χ4n) is 2.22. The molecule has 0 aliphatic rings. The van der Waals surface area contributed by atoms with Gasteiger partial charge in [-0.05, 0) is 30.5 Å². The molecule has 6 heteroatoms. The van der Waals surface area contributed by atoms with Gasteiger partial charge in [0.25, 0.3) is 0 Å². The highest BCUT2D eigenvalue weighted by Crippen LogP contribution is 2.26. The molecule has 112 valence electrons. The highest BCUT2D eigenvalue weighted by Gasteiger charge is 2.14. The van der Waals surface area contributed by atoms with Crippen LogP contribution in [0.1, 0.15) is 30.5 Å². The van der Waals surface area contributed by atoms with Crippen LogP contribution in [0.25, 0.3) is 11.4 Å². The number of nitrogens with one attached hydrogen (secondary N) is 3. The summed E-state index contributed by atoms with van der Waals surface area (Å²) in [6.45, 7) is 8.11. The minimum atomic E-state index is -0.331. The lowest BCUT2D eigenvalue weighted by Gasteiger charge is -2.14. The molecule has 0 saturated heterocycles. The van der Waals surface area contributed by atoms with Crippen LogP contribution in [-0.2, 0) is 11.3 Å². The molecule has 1 heterocycles. The zero-order valence-electron chi connectivity index (χ0n) is 12.7. The molecule has 0 fully saturated rings. The van der Waals surface area contributed by atoms with Crippen molar-refractivity contribution in [2.75, 3.05) is 0 Å². The number of aryl methyl sites for hydroxylation is 1. The number of amides is 1. The van der Waals surface area contributed by atoms with E-state index in [2.05, 4.69) is 20.5 Å². The van der Waals surface area contributed by atoms with E-state index >= 15 is 0 Å². The first-order valence-electron chi connectivity index (χ1n) is 6.92. The van der Waals surface area contributed by atoms with E-state index < -0.39 is 0 Å². The average Bonchev–Trinajstić information content (AvgIpc) is 2.84. The van der Waals surface area contributed by atoms with Crippen molar-refractivity contribution in [1.29, 1.82) is 0 Å². The van der Waals surface area contributed by atoms with Crippen molar-refractivity contribution in [3.63, 3.8) is 0 Å². The van der Waals surface area contributed by atoms with Gasteiger partial charge in [-0.25, -0.2) is 9.89 Å². The van der Waals surface area contributed by atoms with Gasteiger partial charge in [0.15, 0.2) is 5.82 Å². The van der Waals surface area contributed by atoms with Crippen LogP contribution >= 0.6 is 0 Å². The molecule has 0 aliphatic heterocycles. The monoisotopic (exact) mass is 288 g/mol. The van der Waals surface area contributed by atoms with Gasteiger partial charge in [0.1, 0.15) is 0 Å². The minimum absolute atomic E-state index is 0.0182. The number of nitrogens with zero attached hydrogens (tertiary/aromatic N) is 1. The molecule has 0 bridgehead atoms. The predicted octanol–water partition coefficient (Wildman–Crippen LogP) is 1.65. The molecule has 6 nitrogen and oxygen atoms in total. The van der Waals surface area contributed by atoms with Crippen molar-refractivity contribution in [3.05, 3.63) is 39.3 Å². The van der Waals surface area contributed by atoms with Gasteiger partial charge in [0.05, 0.1) is 0 Å². The molecule has 2 rings (SSSR count). The fourth-order valence-corrected chi connectivity index (χ4v) is 2.22. The molecule has 0 aliphatic carbocycles. The molecule has 0 saturated carbocycles. The Balaban J connectivity index is 2.33. The lowest BCUT2D eigenvalue weighted by molar-refractivity contribution is -0.124. The third-order valence-corrected chi connectivity index (χ3v) is 3.50. The molecule has 1 aromatic carbocycles. The summed E-state index contributed by atoms with van der Waals surface area (Å²) in [6, 6.07) is 3.95. The van der Waals surface area contributed by atoms with E-state index in [4.69, 9.17) is 0 Å². The van der Waals surface area contributed by atoms with Gasteiger partial charge in [0.2, 0.25) is 5.91 Å². The Hall–Kier alpha value is -2.37. The fraction of sp³-hybridized carbons (Fsp3) is 0.400. The molecule has 0 radical (unpaired) electrons. The maximum absolute atomic E-state index is 11.7. The number of hydrogen-bond acceptors (Lipinski definition) is 3.